The van der Waals surface area contributed by atoms with Crippen molar-refractivity contribution in [3.05, 3.63) is 54.4 Å². The first kappa shape index (κ1) is 12.1. The average Bonchev–Trinajstić information content (AvgIpc) is 2.41. The summed E-state index contributed by atoms with van der Waals surface area (Å²) in [5, 5.41) is 0. The van der Waals surface area contributed by atoms with Gasteiger partial charge in [-0.05, 0) is 30.5 Å². The van der Waals surface area contributed by atoms with E-state index < -0.39 is 11.8 Å². The monoisotopic (exact) mass is 244 g/mol. The van der Waals surface area contributed by atoms with E-state index in [1.807, 2.05) is 0 Å². The highest BCUT2D eigenvalue weighted by Crippen LogP contribution is 2.29. The van der Waals surface area contributed by atoms with Gasteiger partial charge in [-0.1, -0.05) is 18.7 Å². The molecule has 0 amide bonds. The van der Waals surface area contributed by atoms with Crippen LogP contribution in [0.3, 0.4) is 0 Å². The van der Waals surface area contributed by atoms with Crippen molar-refractivity contribution in [1.29, 1.82) is 0 Å². The topological polar surface area (TPSA) is 25.2 Å². The molecule has 0 spiro atoms. The van der Waals surface area contributed by atoms with Gasteiger partial charge in [0.15, 0.2) is 5.82 Å². The first-order valence-electron chi connectivity index (χ1n) is 5.21. The first-order valence-corrected chi connectivity index (χ1v) is 5.21. The van der Waals surface area contributed by atoms with E-state index >= 15 is 0 Å². The van der Waals surface area contributed by atoms with Crippen LogP contribution in [0, 0.1) is 11.8 Å². The molecule has 2 nitrogen and oxygen atoms in total. The van der Waals surface area contributed by atoms with Crippen molar-refractivity contribution in [1.82, 2.24) is 4.98 Å². The lowest BCUT2D eigenvalue weighted by atomic mass is 10.0. The molecule has 18 heavy (non-hydrogen) atoms. The Balaban J connectivity index is 2.61. The van der Waals surface area contributed by atoms with Gasteiger partial charge in [-0.15, -0.1) is 0 Å². The summed E-state index contributed by atoms with van der Waals surface area (Å²) in [6.45, 7) is 7.08. The minimum Gasteiger partial charge on any atom is -0.264 e. The zero-order valence-electron chi connectivity index (χ0n) is 9.53. The molecule has 0 aliphatic heterocycles. The van der Waals surface area contributed by atoms with Crippen LogP contribution in [0.15, 0.2) is 42.0 Å². The van der Waals surface area contributed by atoms with E-state index in [0.717, 1.165) is 0 Å². The van der Waals surface area contributed by atoms with E-state index in [2.05, 4.69) is 23.3 Å². The summed E-state index contributed by atoms with van der Waals surface area (Å²) in [5.41, 5.74) is 2.04. The molecule has 2 aromatic rings. The molecule has 0 saturated heterocycles. The van der Waals surface area contributed by atoms with Crippen molar-refractivity contribution in [3.63, 3.8) is 0 Å². The van der Waals surface area contributed by atoms with Crippen LogP contribution in [-0.2, 0) is 0 Å². The van der Waals surface area contributed by atoms with Crippen LogP contribution in [0.4, 0.5) is 14.5 Å². The Morgan fingerprint density at radius 1 is 1.22 bits per heavy atom. The van der Waals surface area contributed by atoms with Gasteiger partial charge in [0.1, 0.15) is 0 Å². The Morgan fingerprint density at radius 2 is 2.00 bits per heavy atom. The molecule has 0 N–H and O–H groups in total. The highest BCUT2D eigenvalue weighted by atomic mass is 19.2. The van der Waals surface area contributed by atoms with Crippen LogP contribution in [0.1, 0.15) is 5.56 Å². The summed E-state index contributed by atoms with van der Waals surface area (Å²) < 4.78 is 26.7. The standard InChI is InChI=1S/C14H10F2N2/c1-3-9-8-10(4-5-12(9)17-2)11-6-7-18-14(16)13(11)15/h3-8H,1-2H2. The van der Waals surface area contributed by atoms with E-state index in [1.165, 1.54) is 12.3 Å². The second kappa shape index (κ2) is 4.87. The van der Waals surface area contributed by atoms with Crippen molar-refractivity contribution in [2.75, 3.05) is 0 Å². The van der Waals surface area contributed by atoms with Crippen LogP contribution in [0.5, 0.6) is 0 Å². The molecule has 0 aliphatic carbocycles. The number of pyridine rings is 1. The first-order chi connectivity index (χ1) is 8.67. The number of nitrogens with zero attached hydrogens (tertiary/aromatic N) is 2. The van der Waals surface area contributed by atoms with Crippen molar-refractivity contribution in [2.24, 2.45) is 4.99 Å². The predicted octanol–water partition coefficient (Wildman–Crippen LogP) is 4.00. The molecular weight excluding hydrogens is 234 g/mol. The van der Waals surface area contributed by atoms with Gasteiger partial charge in [0.25, 0.3) is 0 Å². The van der Waals surface area contributed by atoms with Gasteiger partial charge in [0.05, 0.1) is 5.69 Å². The number of hydrogen-bond donors (Lipinski definition) is 0. The van der Waals surface area contributed by atoms with E-state index in [4.69, 9.17) is 0 Å². The Morgan fingerprint density at radius 3 is 2.67 bits per heavy atom. The fourth-order valence-electron chi connectivity index (χ4n) is 1.67. The minimum atomic E-state index is -1.11. The molecule has 90 valence electrons. The lowest BCUT2D eigenvalue weighted by molar-refractivity contribution is 0.482. The Bertz CT molecular complexity index is 621. The van der Waals surface area contributed by atoms with Crippen molar-refractivity contribution >= 4 is 18.5 Å². The molecule has 0 unspecified atom stereocenters. The van der Waals surface area contributed by atoms with Gasteiger partial charge in [-0.3, -0.25) is 4.99 Å². The van der Waals surface area contributed by atoms with Crippen LogP contribution in [0.2, 0.25) is 0 Å². The largest absolute Gasteiger partial charge is 0.264 e. The fourth-order valence-corrected chi connectivity index (χ4v) is 1.67. The van der Waals surface area contributed by atoms with Crippen molar-refractivity contribution in [2.45, 2.75) is 0 Å². The Hall–Kier alpha value is -2.36. The van der Waals surface area contributed by atoms with Crippen LogP contribution >= 0.6 is 0 Å². The third-order valence-electron chi connectivity index (χ3n) is 2.58. The summed E-state index contributed by atoms with van der Waals surface area (Å²) in [6, 6.07) is 6.42. The maximum atomic E-state index is 13.6. The van der Waals surface area contributed by atoms with Crippen LogP contribution in [-0.4, -0.2) is 11.7 Å². The predicted molar refractivity (Wildman–Crippen MR) is 68.9 cm³/mol. The number of aromatic nitrogens is 1. The van der Waals surface area contributed by atoms with Gasteiger partial charge in [0.2, 0.25) is 5.95 Å². The number of hydrogen-bond acceptors (Lipinski definition) is 2. The second-order valence-corrected chi connectivity index (χ2v) is 3.60. The highest BCUT2D eigenvalue weighted by Gasteiger charge is 2.11. The highest BCUT2D eigenvalue weighted by molar-refractivity contribution is 5.74. The normalized spacial score (nSPS) is 10.1. The van der Waals surface area contributed by atoms with Crippen LogP contribution < -0.4 is 0 Å². The average molecular weight is 244 g/mol. The zero-order valence-corrected chi connectivity index (χ0v) is 9.53. The van der Waals surface area contributed by atoms with E-state index in [0.29, 0.717) is 16.8 Å². The molecule has 1 heterocycles. The quantitative estimate of drug-likeness (QED) is 0.591. The minimum absolute atomic E-state index is 0.154. The van der Waals surface area contributed by atoms with Crippen LogP contribution in [0.25, 0.3) is 17.2 Å². The number of rotatable bonds is 3. The third-order valence-corrected chi connectivity index (χ3v) is 2.58. The molecule has 0 aliphatic rings. The molecule has 0 fully saturated rings. The van der Waals surface area contributed by atoms with Gasteiger partial charge in [-0.25, -0.2) is 9.37 Å². The van der Waals surface area contributed by atoms with Crippen molar-refractivity contribution < 1.29 is 8.78 Å². The molecule has 1 aromatic carbocycles. The fraction of sp³-hybridized carbons (Fsp3) is 0. The summed E-state index contributed by atoms with van der Waals surface area (Å²) in [6.07, 6.45) is 2.81. The maximum absolute atomic E-state index is 13.6. The van der Waals surface area contributed by atoms with Gasteiger partial charge < -0.3 is 0 Å². The summed E-state index contributed by atoms with van der Waals surface area (Å²) in [4.78, 5) is 7.07. The molecular formula is C14H10F2N2. The molecule has 4 heteroatoms. The zero-order chi connectivity index (χ0) is 13.1. The van der Waals surface area contributed by atoms with Gasteiger partial charge in [-0.2, -0.15) is 4.39 Å². The molecule has 0 radical (unpaired) electrons. The molecule has 0 bridgehead atoms. The maximum Gasteiger partial charge on any atom is 0.249 e. The van der Waals surface area contributed by atoms with Crippen molar-refractivity contribution in [3.8, 4) is 11.1 Å². The summed E-state index contributed by atoms with van der Waals surface area (Å²) >= 11 is 0. The Kier molecular flexibility index (Phi) is 3.28. The molecule has 2 rings (SSSR count). The Labute approximate surface area is 103 Å². The third kappa shape index (κ3) is 2.05. The molecule has 0 saturated carbocycles. The molecule has 0 atom stereocenters. The van der Waals surface area contributed by atoms with E-state index in [-0.39, 0.29) is 5.56 Å². The number of halogens is 2. The smallest absolute Gasteiger partial charge is 0.249 e. The van der Waals surface area contributed by atoms with Gasteiger partial charge >= 0.3 is 0 Å². The van der Waals surface area contributed by atoms with E-state index in [1.54, 1.807) is 24.3 Å². The van der Waals surface area contributed by atoms with Gasteiger partial charge in [0, 0.05) is 17.3 Å². The number of benzene rings is 1. The lowest BCUT2D eigenvalue weighted by Crippen LogP contribution is -1.93. The molecule has 1 aromatic heterocycles. The van der Waals surface area contributed by atoms with E-state index in [9.17, 15) is 8.78 Å². The number of aliphatic imine (C=N–C) groups is 1. The second-order valence-electron chi connectivity index (χ2n) is 3.60. The lowest BCUT2D eigenvalue weighted by Gasteiger charge is -2.06. The SMILES string of the molecule is C=Cc1cc(-c2ccnc(F)c2F)ccc1N=C. The summed E-state index contributed by atoms with van der Waals surface area (Å²) in [7, 11) is 0. The summed E-state index contributed by atoms with van der Waals surface area (Å²) in [5.74, 6) is -2.08.